The molecule has 1 fully saturated rings. The van der Waals surface area contributed by atoms with Gasteiger partial charge in [-0.1, -0.05) is 0 Å². The average molecular weight is 195 g/mol. The van der Waals surface area contributed by atoms with Crippen molar-refractivity contribution in [1.82, 2.24) is 0 Å². The van der Waals surface area contributed by atoms with Gasteiger partial charge in [-0.25, -0.2) is 8.37 Å². The van der Waals surface area contributed by atoms with Gasteiger partial charge in [0.1, 0.15) is 0 Å². The van der Waals surface area contributed by atoms with Crippen LogP contribution in [0.5, 0.6) is 0 Å². The first kappa shape index (κ1) is 9.43. The van der Waals surface area contributed by atoms with Gasteiger partial charge in [0.15, 0.2) is 0 Å². The molecule has 1 aliphatic heterocycles. The molecule has 7 heteroatoms. The topological polar surface area (TPSA) is 95.7 Å². The SMILES string of the molecule is CC(C)(C(N)=O)C1OS(=O)(=O)O1. The van der Waals surface area contributed by atoms with Crippen LogP contribution in [0.25, 0.3) is 0 Å². The van der Waals surface area contributed by atoms with Crippen LogP contribution < -0.4 is 5.73 Å². The Morgan fingerprint density at radius 3 is 2.08 bits per heavy atom. The zero-order valence-electron chi connectivity index (χ0n) is 6.60. The lowest BCUT2D eigenvalue weighted by atomic mass is 9.92. The molecule has 0 atom stereocenters. The molecule has 1 heterocycles. The van der Waals surface area contributed by atoms with Crippen molar-refractivity contribution in [3.05, 3.63) is 0 Å². The van der Waals surface area contributed by atoms with E-state index in [2.05, 4.69) is 8.37 Å². The second-order valence-corrected chi connectivity index (χ2v) is 4.22. The molecule has 12 heavy (non-hydrogen) atoms. The van der Waals surface area contributed by atoms with Crippen LogP contribution in [0.4, 0.5) is 0 Å². The average Bonchev–Trinajstić information content (AvgIpc) is 1.82. The van der Waals surface area contributed by atoms with Gasteiger partial charge in [-0.05, 0) is 13.8 Å². The molecule has 1 amide bonds. The van der Waals surface area contributed by atoms with Gasteiger partial charge in [-0.3, -0.25) is 4.79 Å². The number of hydrogen-bond acceptors (Lipinski definition) is 5. The Kier molecular flexibility index (Phi) is 1.89. The summed E-state index contributed by atoms with van der Waals surface area (Å²) in [6.45, 7) is 2.88. The molecule has 1 saturated heterocycles. The molecule has 6 nitrogen and oxygen atoms in total. The van der Waals surface area contributed by atoms with E-state index in [1.807, 2.05) is 0 Å². The summed E-state index contributed by atoms with van der Waals surface area (Å²) >= 11 is 0. The van der Waals surface area contributed by atoms with Gasteiger partial charge in [-0.2, -0.15) is 8.42 Å². The Morgan fingerprint density at radius 2 is 1.83 bits per heavy atom. The molecule has 0 unspecified atom stereocenters. The molecule has 0 bridgehead atoms. The lowest BCUT2D eigenvalue weighted by Gasteiger charge is -2.35. The number of carbonyl (C=O) groups is 1. The highest BCUT2D eigenvalue weighted by atomic mass is 32.3. The molecule has 0 spiro atoms. The maximum Gasteiger partial charge on any atom is 0.405 e. The van der Waals surface area contributed by atoms with Crippen molar-refractivity contribution in [1.29, 1.82) is 0 Å². The second-order valence-electron chi connectivity index (χ2n) is 3.02. The summed E-state index contributed by atoms with van der Waals surface area (Å²) in [6, 6.07) is 0. The molecule has 1 rings (SSSR count). The number of primary amides is 1. The molecule has 0 aliphatic carbocycles. The van der Waals surface area contributed by atoms with E-state index in [1.54, 1.807) is 0 Å². The minimum absolute atomic E-state index is 0.678. The number of carbonyl (C=O) groups excluding carboxylic acids is 1. The number of hydrogen-bond donors (Lipinski definition) is 1. The monoisotopic (exact) mass is 195 g/mol. The van der Waals surface area contributed by atoms with Gasteiger partial charge in [0.2, 0.25) is 12.2 Å². The lowest BCUT2D eigenvalue weighted by molar-refractivity contribution is -0.166. The number of rotatable bonds is 2. The fourth-order valence-corrected chi connectivity index (χ4v) is 1.50. The van der Waals surface area contributed by atoms with Gasteiger partial charge < -0.3 is 5.73 Å². The highest BCUT2D eigenvalue weighted by Gasteiger charge is 2.50. The van der Waals surface area contributed by atoms with E-state index in [-0.39, 0.29) is 0 Å². The van der Waals surface area contributed by atoms with E-state index in [9.17, 15) is 13.2 Å². The summed E-state index contributed by atoms with van der Waals surface area (Å²) in [6.07, 6.45) is -1.10. The van der Waals surface area contributed by atoms with Crippen LogP contribution in [-0.4, -0.2) is 20.6 Å². The van der Waals surface area contributed by atoms with E-state index in [4.69, 9.17) is 5.73 Å². The Hall–Kier alpha value is -0.660. The lowest BCUT2D eigenvalue weighted by Crippen LogP contribution is -2.52. The summed E-state index contributed by atoms with van der Waals surface area (Å²) in [5.41, 5.74) is 3.84. The summed E-state index contributed by atoms with van der Waals surface area (Å²) < 4.78 is 29.3. The summed E-state index contributed by atoms with van der Waals surface area (Å²) in [5, 5.41) is 0. The summed E-state index contributed by atoms with van der Waals surface area (Å²) in [7, 11) is -3.86. The zero-order chi connectivity index (χ0) is 9.57. The predicted molar refractivity (Wildman–Crippen MR) is 37.9 cm³/mol. The quantitative estimate of drug-likeness (QED) is 0.617. The van der Waals surface area contributed by atoms with E-state index < -0.39 is 28.0 Å². The third-order valence-electron chi connectivity index (χ3n) is 1.63. The van der Waals surface area contributed by atoms with Crippen LogP contribution in [0.15, 0.2) is 0 Å². The molecular weight excluding hydrogens is 186 g/mol. The van der Waals surface area contributed by atoms with Crippen molar-refractivity contribution in [2.45, 2.75) is 20.1 Å². The Balaban J connectivity index is 2.70. The zero-order valence-corrected chi connectivity index (χ0v) is 7.42. The van der Waals surface area contributed by atoms with E-state index >= 15 is 0 Å². The fraction of sp³-hybridized carbons (Fsp3) is 0.800. The molecule has 1 aliphatic rings. The number of amides is 1. The van der Waals surface area contributed by atoms with Crippen molar-refractivity contribution in [3.63, 3.8) is 0 Å². The standard InChI is InChI=1S/C5H9NO5S/c1-5(2,3(6)7)4-10-12(8,9)11-4/h4H,1-2H3,(H2,6,7). The van der Waals surface area contributed by atoms with Crippen LogP contribution in [0, 0.1) is 5.41 Å². The van der Waals surface area contributed by atoms with Crippen LogP contribution in [0.3, 0.4) is 0 Å². The highest BCUT2D eigenvalue weighted by molar-refractivity contribution is 7.82. The van der Waals surface area contributed by atoms with E-state index in [0.717, 1.165) is 0 Å². The van der Waals surface area contributed by atoms with Crippen molar-refractivity contribution in [3.8, 4) is 0 Å². The molecular formula is C5H9NO5S. The van der Waals surface area contributed by atoms with Crippen LogP contribution in [-0.2, 0) is 23.6 Å². The predicted octanol–water partition coefficient (Wildman–Crippen LogP) is -0.884. The molecule has 0 aromatic carbocycles. The van der Waals surface area contributed by atoms with Gasteiger partial charge in [-0.15, -0.1) is 0 Å². The van der Waals surface area contributed by atoms with E-state index in [0.29, 0.717) is 0 Å². The smallest absolute Gasteiger partial charge is 0.369 e. The molecule has 0 aromatic rings. The maximum absolute atomic E-state index is 10.7. The first-order valence-electron chi connectivity index (χ1n) is 3.17. The van der Waals surface area contributed by atoms with Crippen molar-refractivity contribution >= 4 is 16.3 Å². The molecule has 0 radical (unpaired) electrons. The summed E-state index contributed by atoms with van der Waals surface area (Å²) in [5.74, 6) is -0.678. The Morgan fingerprint density at radius 1 is 1.42 bits per heavy atom. The minimum Gasteiger partial charge on any atom is -0.369 e. The second kappa shape index (κ2) is 2.41. The normalized spacial score (nSPS) is 23.2. The van der Waals surface area contributed by atoms with Crippen LogP contribution >= 0.6 is 0 Å². The largest absolute Gasteiger partial charge is 0.405 e. The molecule has 0 saturated carbocycles. The molecule has 0 aromatic heterocycles. The highest BCUT2D eigenvalue weighted by Crippen LogP contribution is 2.33. The third kappa shape index (κ3) is 1.43. The minimum atomic E-state index is -3.86. The van der Waals surface area contributed by atoms with Gasteiger partial charge in [0, 0.05) is 0 Å². The van der Waals surface area contributed by atoms with E-state index in [1.165, 1.54) is 13.8 Å². The van der Waals surface area contributed by atoms with Crippen molar-refractivity contribution in [2.75, 3.05) is 0 Å². The van der Waals surface area contributed by atoms with Crippen molar-refractivity contribution in [2.24, 2.45) is 11.1 Å². The van der Waals surface area contributed by atoms with Gasteiger partial charge in [0.05, 0.1) is 5.41 Å². The summed E-state index contributed by atoms with van der Waals surface area (Å²) in [4.78, 5) is 10.7. The van der Waals surface area contributed by atoms with Gasteiger partial charge in [0.25, 0.3) is 0 Å². The maximum atomic E-state index is 10.7. The first-order chi connectivity index (χ1) is 5.26. The Labute approximate surface area is 70.0 Å². The Bertz CT molecular complexity index is 294. The van der Waals surface area contributed by atoms with Gasteiger partial charge >= 0.3 is 10.4 Å². The fourth-order valence-electron chi connectivity index (χ4n) is 0.578. The third-order valence-corrected chi connectivity index (χ3v) is 2.46. The first-order valence-corrected chi connectivity index (χ1v) is 4.50. The van der Waals surface area contributed by atoms with Crippen LogP contribution in [0.1, 0.15) is 13.8 Å². The molecule has 70 valence electrons. The number of nitrogens with two attached hydrogens (primary N) is 1. The van der Waals surface area contributed by atoms with Crippen LogP contribution in [0.2, 0.25) is 0 Å². The molecule has 2 N–H and O–H groups in total. The van der Waals surface area contributed by atoms with Crippen molar-refractivity contribution < 1.29 is 21.6 Å².